The minimum absolute atomic E-state index is 0.0394. The number of benzene rings is 1. The van der Waals surface area contributed by atoms with Crippen LogP contribution in [0.2, 0.25) is 0 Å². The summed E-state index contributed by atoms with van der Waals surface area (Å²) >= 11 is 0. The minimum atomic E-state index is -3.75. The monoisotopic (exact) mass is 322 g/mol. The smallest absolute Gasteiger partial charge is 0.207 e. The van der Waals surface area contributed by atoms with Crippen LogP contribution in [0.4, 0.5) is 0 Å². The van der Waals surface area contributed by atoms with Crippen LogP contribution in [0.3, 0.4) is 0 Å². The molecule has 0 unspecified atom stereocenters. The number of nitrogens with one attached hydrogen (secondary N) is 1. The van der Waals surface area contributed by atoms with E-state index in [1.807, 2.05) is 32.9 Å². The van der Waals surface area contributed by atoms with Gasteiger partial charge in [-0.1, -0.05) is 53.7 Å². The largest absolute Gasteiger partial charge is 0.241 e. The zero-order valence-corrected chi connectivity index (χ0v) is 15.3. The molecule has 0 aliphatic carbocycles. The summed E-state index contributed by atoms with van der Waals surface area (Å²) in [6.07, 6.45) is 0. The average molecular weight is 322 g/mol. The number of sulfonamides is 1. The summed E-state index contributed by atoms with van der Waals surface area (Å²) in [6.45, 7) is 13.3. The molecular formula is C17H26N2O2S. The van der Waals surface area contributed by atoms with Crippen LogP contribution < -0.4 is 4.72 Å². The zero-order valence-electron chi connectivity index (χ0n) is 14.5. The Labute approximate surface area is 134 Å². The van der Waals surface area contributed by atoms with Gasteiger partial charge >= 0.3 is 0 Å². The van der Waals surface area contributed by atoms with E-state index >= 15 is 0 Å². The Morgan fingerprint density at radius 3 is 1.73 bits per heavy atom. The SMILES string of the molecule is CC(C)(C)c1ccc(S(=O)(=O)N[C@](C)(C#N)C(C)(C)C)cc1. The maximum absolute atomic E-state index is 12.6. The highest BCUT2D eigenvalue weighted by molar-refractivity contribution is 7.89. The van der Waals surface area contributed by atoms with E-state index in [9.17, 15) is 13.7 Å². The van der Waals surface area contributed by atoms with Crippen molar-refractivity contribution in [1.29, 1.82) is 5.26 Å². The van der Waals surface area contributed by atoms with Crippen LogP contribution in [-0.4, -0.2) is 14.0 Å². The molecule has 0 aromatic heterocycles. The third-order valence-electron chi connectivity index (χ3n) is 4.09. The fraction of sp³-hybridized carbons (Fsp3) is 0.588. The lowest BCUT2D eigenvalue weighted by molar-refractivity contribution is 0.247. The van der Waals surface area contributed by atoms with Crippen molar-refractivity contribution in [3.05, 3.63) is 29.8 Å². The van der Waals surface area contributed by atoms with Gasteiger partial charge in [0.05, 0.1) is 11.0 Å². The molecule has 5 heteroatoms. The third-order valence-corrected chi connectivity index (χ3v) is 5.66. The summed E-state index contributed by atoms with van der Waals surface area (Å²) in [5.41, 5.74) is -0.692. The van der Waals surface area contributed by atoms with Gasteiger partial charge in [-0.2, -0.15) is 9.98 Å². The first kappa shape index (κ1) is 18.7. The molecule has 22 heavy (non-hydrogen) atoms. The predicted molar refractivity (Wildman–Crippen MR) is 88.9 cm³/mol. The molecule has 0 amide bonds. The fourth-order valence-corrected chi connectivity index (χ4v) is 3.31. The molecule has 1 N–H and O–H groups in total. The van der Waals surface area contributed by atoms with Gasteiger partial charge in [-0.05, 0) is 35.4 Å². The highest BCUT2D eigenvalue weighted by Gasteiger charge is 2.41. The van der Waals surface area contributed by atoms with Crippen molar-refractivity contribution in [1.82, 2.24) is 4.72 Å². The maximum Gasteiger partial charge on any atom is 0.241 e. The summed E-state index contributed by atoms with van der Waals surface area (Å²) < 4.78 is 27.6. The van der Waals surface area contributed by atoms with Crippen LogP contribution >= 0.6 is 0 Å². The van der Waals surface area contributed by atoms with Gasteiger partial charge in [-0.3, -0.25) is 0 Å². The molecule has 4 nitrogen and oxygen atoms in total. The Kier molecular flexibility index (Phi) is 4.82. The molecule has 0 saturated carbocycles. The zero-order chi connectivity index (χ0) is 17.4. The lowest BCUT2D eigenvalue weighted by Crippen LogP contribution is -2.53. The van der Waals surface area contributed by atoms with E-state index in [2.05, 4.69) is 31.6 Å². The van der Waals surface area contributed by atoms with Crippen LogP contribution in [0.5, 0.6) is 0 Å². The quantitative estimate of drug-likeness (QED) is 0.924. The normalized spacial score (nSPS) is 15.9. The molecule has 0 fully saturated rings. The van der Waals surface area contributed by atoms with E-state index in [0.29, 0.717) is 0 Å². The molecule has 1 atom stereocenters. The van der Waals surface area contributed by atoms with Crippen molar-refractivity contribution in [3.63, 3.8) is 0 Å². The number of nitriles is 1. The van der Waals surface area contributed by atoms with Crippen molar-refractivity contribution in [2.45, 2.75) is 64.3 Å². The highest BCUT2D eigenvalue weighted by atomic mass is 32.2. The maximum atomic E-state index is 12.6. The van der Waals surface area contributed by atoms with Gasteiger partial charge in [-0.25, -0.2) is 8.42 Å². The van der Waals surface area contributed by atoms with Crippen molar-refractivity contribution < 1.29 is 8.42 Å². The first-order chi connectivity index (χ1) is 9.73. The number of hydrogen-bond acceptors (Lipinski definition) is 3. The topological polar surface area (TPSA) is 70.0 Å². The Hall–Kier alpha value is -1.38. The second kappa shape index (κ2) is 5.68. The molecule has 0 bridgehead atoms. The van der Waals surface area contributed by atoms with Crippen LogP contribution in [0, 0.1) is 16.7 Å². The molecular weight excluding hydrogens is 296 g/mol. The fourth-order valence-electron chi connectivity index (χ4n) is 1.81. The Morgan fingerprint density at radius 2 is 1.41 bits per heavy atom. The molecule has 1 aromatic carbocycles. The Morgan fingerprint density at radius 1 is 0.955 bits per heavy atom. The minimum Gasteiger partial charge on any atom is -0.207 e. The highest BCUT2D eigenvalue weighted by Crippen LogP contribution is 2.31. The third kappa shape index (κ3) is 3.88. The lowest BCUT2D eigenvalue weighted by atomic mass is 9.77. The second-order valence-corrected chi connectivity index (χ2v) is 9.55. The molecule has 0 saturated heterocycles. The van der Waals surface area contributed by atoms with Crippen molar-refractivity contribution in [3.8, 4) is 6.07 Å². The first-order valence-corrected chi connectivity index (χ1v) is 8.77. The lowest BCUT2D eigenvalue weighted by Gasteiger charge is -2.36. The molecule has 0 aliphatic rings. The van der Waals surface area contributed by atoms with E-state index < -0.39 is 21.0 Å². The van der Waals surface area contributed by atoms with Gasteiger partial charge < -0.3 is 0 Å². The van der Waals surface area contributed by atoms with Crippen molar-refractivity contribution >= 4 is 10.0 Å². The first-order valence-electron chi connectivity index (χ1n) is 7.29. The summed E-state index contributed by atoms with van der Waals surface area (Å²) in [5, 5.41) is 9.40. The molecule has 0 heterocycles. The Balaban J connectivity index is 3.19. The molecule has 0 spiro atoms. The van der Waals surface area contributed by atoms with E-state index in [1.54, 1.807) is 19.1 Å². The second-order valence-electron chi connectivity index (χ2n) is 7.87. The number of rotatable bonds is 3. The number of nitrogens with zero attached hydrogens (tertiary/aromatic N) is 1. The molecule has 1 rings (SSSR count). The molecule has 0 radical (unpaired) electrons. The van der Waals surface area contributed by atoms with E-state index in [4.69, 9.17) is 0 Å². The van der Waals surface area contributed by atoms with Gasteiger partial charge in [0.1, 0.15) is 5.54 Å². The predicted octanol–water partition coefficient (Wildman–Crippen LogP) is 3.59. The van der Waals surface area contributed by atoms with Crippen LogP contribution in [-0.2, 0) is 15.4 Å². The molecule has 0 aliphatic heterocycles. The van der Waals surface area contributed by atoms with Gasteiger partial charge in [0.15, 0.2) is 0 Å². The summed E-state index contributed by atoms with van der Waals surface area (Å²) in [7, 11) is -3.75. The van der Waals surface area contributed by atoms with Crippen LogP contribution in [0.15, 0.2) is 29.2 Å². The molecule has 1 aromatic rings. The van der Waals surface area contributed by atoms with Gasteiger partial charge in [-0.15, -0.1) is 0 Å². The standard InChI is InChI=1S/C17H26N2O2S/c1-15(2,3)13-8-10-14(11-9-13)22(20,21)19-17(7,12-18)16(4,5)6/h8-11,19H,1-7H3/t17-/m1/s1. The Bertz CT molecular complexity index is 671. The van der Waals surface area contributed by atoms with Gasteiger partial charge in [0.2, 0.25) is 10.0 Å². The van der Waals surface area contributed by atoms with Crippen LogP contribution in [0.1, 0.15) is 54.0 Å². The van der Waals surface area contributed by atoms with Gasteiger partial charge in [0.25, 0.3) is 0 Å². The molecule has 122 valence electrons. The average Bonchev–Trinajstić information content (AvgIpc) is 2.36. The van der Waals surface area contributed by atoms with E-state index in [1.165, 1.54) is 0 Å². The number of hydrogen-bond donors (Lipinski definition) is 1. The summed E-state index contributed by atoms with van der Waals surface area (Å²) in [6, 6.07) is 8.89. The van der Waals surface area contributed by atoms with E-state index in [0.717, 1.165) is 5.56 Å². The van der Waals surface area contributed by atoms with Gasteiger partial charge in [0, 0.05) is 0 Å². The van der Waals surface area contributed by atoms with Crippen LogP contribution in [0.25, 0.3) is 0 Å². The van der Waals surface area contributed by atoms with Crippen molar-refractivity contribution in [2.75, 3.05) is 0 Å². The van der Waals surface area contributed by atoms with Crippen molar-refractivity contribution in [2.24, 2.45) is 5.41 Å². The van der Waals surface area contributed by atoms with E-state index in [-0.39, 0.29) is 10.3 Å². The summed E-state index contributed by atoms with van der Waals surface area (Å²) in [4.78, 5) is 0.172. The summed E-state index contributed by atoms with van der Waals surface area (Å²) in [5.74, 6) is 0.